The van der Waals surface area contributed by atoms with E-state index in [4.69, 9.17) is 9.47 Å². The van der Waals surface area contributed by atoms with Gasteiger partial charge in [-0.1, -0.05) is 32.6 Å². The Morgan fingerprint density at radius 2 is 1.57 bits per heavy atom. The van der Waals surface area contributed by atoms with Crippen LogP contribution in [0.2, 0.25) is 0 Å². The number of hydrogen-bond donors (Lipinski definition) is 0. The van der Waals surface area contributed by atoms with Gasteiger partial charge in [0.2, 0.25) is 0 Å². The van der Waals surface area contributed by atoms with Crippen LogP contribution in [-0.4, -0.2) is 13.2 Å². The minimum atomic E-state index is -0.315. The Kier molecular flexibility index (Phi) is 6.48. The summed E-state index contributed by atoms with van der Waals surface area (Å²) in [6, 6.07) is 3.34. The molecule has 2 nitrogen and oxygen atoms in total. The lowest BCUT2D eigenvalue weighted by Gasteiger charge is -2.40. The summed E-state index contributed by atoms with van der Waals surface area (Å²) in [4.78, 5) is 0. The van der Waals surface area contributed by atoms with Crippen molar-refractivity contribution in [3.05, 3.63) is 23.5 Å². The van der Waals surface area contributed by atoms with Gasteiger partial charge in [0, 0.05) is 6.07 Å². The van der Waals surface area contributed by atoms with Crippen molar-refractivity contribution in [2.24, 2.45) is 23.7 Å². The Morgan fingerprint density at radius 3 is 2.21 bits per heavy atom. The lowest BCUT2D eigenvalue weighted by molar-refractivity contribution is 0.0595. The number of ether oxygens (including phenoxy) is 2. The third-order valence-electron chi connectivity index (χ3n) is 7.91. The molecule has 1 heterocycles. The predicted molar refractivity (Wildman–Crippen MR) is 111 cm³/mol. The maximum absolute atomic E-state index is 14.1. The Morgan fingerprint density at radius 1 is 0.929 bits per heavy atom. The van der Waals surface area contributed by atoms with E-state index in [-0.39, 0.29) is 11.9 Å². The van der Waals surface area contributed by atoms with Crippen LogP contribution in [0.5, 0.6) is 11.5 Å². The van der Waals surface area contributed by atoms with E-state index in [0.717, 1.165) is 41.9 Å². The van der Waals surface area contributed by atoms with Gasteiger partial charge in [0.1, 0.15) is 11.9 Å². The Labute approximate surface area is 170 Å². The molecule has 0 radical (unpaired) electrons. The third kappa shape index (κ3) is 4.33. The van der Waals surface area contributed by atoms with Crippen LogP contribution in [0.1, 0.15) is 83.1 Å². The van der Waals surface area contributed by atoms with Gasteiger partial charge >= 0.3 is 0 Å². The predicted octanol–water partition coefficient (Wildman–Crippen LogP) is 6.94. The van der Waals surface area contributed by atoms with Crippen LogP contribution in [0.25, 0.3) is 0 Å². The molecule has 3 aliphatic rings. The second-order valence-electron chi connectivity index (χ2n) is 9.53. The lowest BCUT2D eigenvalue weighted by Crippen LogP contribution is -2.35. The average molecular weight is 389 g/mol. The van der Waals surface area contributed by atoms with Gasteiger partial charge in [-0.05, 0) is 86.7 Å². The summed E-state index contributed by atoms with van der Waals surface area (Å²) in [5.74, 6) is 4.32. The summed E-state index contributed by atoms with van der Waals surface area (Å²) in [5.41, 5.74) is 1.09. The molecule has 4 rings (SSSR count). The highest BCUT2D eigenvalue weighted by Crippen LogP contribution is 2.44. The number of fused-ring (bicyclic) bond motifs is 1. The molecule has 0 saturated heterocycles. The highest BCUT2D eigenvalue weighted by molar-refractivity contribution is 5.42. The molecule has 0 spiro atoms. The summed E-state index contributed by atoms with van der Waals surface area (Å²) < 4.78 is 25.5. The van der Waals surface area contributed by atoms with Crippen LogP contribution in [-0.2, 0) is 6.42 Å². The maximum Gasteiger partial charge on any atom is 0.168 e. The lowest BCUT2D eigenvalue weighted by atomic mass is 9.67. The fourth-order valence-electron chi connectivity index (χ4n) is 6.24. The minimum absolute atomic E-state index is 0.265. The number of hydrogen-bond acceptors (Lipinski definition) is 2. The van der Waals surface area contributed by atoms with E-state index in [1.165, 1.54) is 77.4 Å². The first-order valence-electron chi connectivity index (χ1n) is 11.7. The molecule has 0 bridgehead atoms. The van der Waals surface area contributed by atoms with E-state index in [1.54, 1.807) is 0 Å². The first-order chi connectivity index (χ1) is 13.7. The second-order valence-corrected chi connectivity index (χ2v) is 9.53. The molecule has 3 heteroatoms. The topological polar surface area (TPSA) is 18.5 Å². The highest BCUT2D eigenvalue weighted by Gasteiger charge is 2.35. The van der Waals surface area contributed by atoms with E-state index >= 15 is 0 Å². The molecule has 2 fully saturated rings. The molecule has 28 heavy (non-hydrogen) atoms. The molecule has 1 aliphatic heterocycles. The quantitative estimate of drug-likeness (QED) is 0.544. The SMILES string of the molecule is CCCC1CCC(C2CCC(C3CCc4cc(OC)c(F)cc4O3)CC2)CC1. The Bertz CT molecular complexity index is 642. The fraction of sp³-hybridized carbons (Fsp3) is 0.760. The van der Waals surface area contributed by atoms with Gasteiger partial charge in [-0.15, -0.1) is 0 Å². The van der Waals surface area contributed by atoms with Gasteiger partial charge in [-0.3, -0.25) is 0 Å². The van der Waals surface area contributed by atoms with Crippen LogP contribution in [0.4, 0.5) is 4.39 Å². The monoisotopic (exact) mass is 388 g/mol. The van der Waals surface area contributed by atoms with Crippen LogP contribution < -0.4 is 9.47 Å². The van der Waals surface area contributed by atoms with Crippen LogP contribution in [0, 0.1) is 29.5 Å². The maximum atomic E-state index is 14.1. The van der Waals surface area contributed by atoms with Crippen molar-refractivity contribution in [1.82, 2.24) is 0 Å². The van der Waals surface area contributed by atoms with Crippen molar-refractivity contribution in [2.75, 3.05) is 7.11 Å². The van der Waals surface area contributed by atoms with Crippen molar-refractivity contribution in [1.29, 1.82) is 0 Å². The molecule has 1 unspecified atom stereocenters. The largest absolute Gasteiger partial charge is 0.494 e. The highest BCUT2D eigenvalue weighted by atomic mass is 19.1. The smallest absolute Gasteiger partial charge is 0.168 e. The average Bonchev–Trinajstić information content (AvgIpc) is 2.74. The second kappa shape index (κ2) is 9.05. The zero-order valence-electron chi connectivity index (χ0n) is 17.7. The standard InChI is InChI=1S/C25H37FO2/c1-3-4-17-5-7-18(8-6-17)19-9-11-20(12-10-19)23-14-13-21-15-25(27-2)22(26)16-24(21)28-23/h15-20,23H,3-14H2,1-2H3. The van der Waals surface area contributed by atoms with E-state index in [1.807, 2.05) is 6.07 Å². The molecule has 0 amide bonds. The van der Waals surface area contributed by atoms with Crippen LogP contribution >= 0.6 is 0 Å². The molecular formula is C25H37FO2. The summed E-state index contributed by atoms with van der Waals surface area (Å²) in [7, 11) is 1.52. The number of methoxy groups -OCH3 is 1. The van der Waals surface area contributed by atoms with E-state index in [2.05, 4.69) is 6.92 Å². The van der Waals surface area contributed by atoms with E-state index in [0.29, 0.717) is 11.7 Å². The minimum Gasteiger partial charge on any atom is -0.494 e. The zero-order valence-corrected chi connectivity index (χ0v) is 17.7. The Balaban J connectivity index is 1.28. The fourth-order valence-corrected chi connectivity index (χ4v) is 6.24. The molecule has 0 aromatic heterocycles. The van der Waals surface area contributed by atoms with Crippen LogP contribution in [0.15, 0.2) is 12.1 Å². The van der Waals surface area contributed by atoms with Crippen LogP contribution in [0.3, 0.4) is 0 Å². The van der Waals surface area contributed by atoms with Gasteiger partial charge < -0.3 is 9.47 Å². The van der Waals surface area contributed by atoms with Gasteiger partial charge in [0.05, 0.1) is 7.11 Å². The summed E-state index contributed by atoms with van der Waals surface area (Å²) >= 11 is 0. The molecule has 156 valence electrons. The molecule has 1 atom stereocenters. The molecule has 1 aromatic carbocycles. The van der Waals surface area contributed by atoms with Gasteiger partial charge in [0.15, 0.2) is 11.6 Å². The van der Waals surface area contributed by atoms with Gasteiger partial charge in [0.25, 0.3) is 0 Å². The number of benzene rings is 1. The van der Waals surface area contributed by atoms with Crippen molar-refractivity contribution in [2.45, 2.75) is 90.1 Å². The zero-order chi connectivity index (χ0) is 19.5. The number of halogens is 1. The number of rotatable bonds is 5. The van der Waals surface area contributed by atoms with Gasteiger partial charge in [-0.25, -0.2) is 4.39 Å². The molecule has 1 aromatic rings. The molecular weight excluding hydrogens is 351 g/mol. The van der Waals surface area contributed by atoms with Crippen molar-refractivity contribution < 1.29 is 13.9 Å². The third-order valence-corrected chi connectivity index (χ3v) is 7.91. The number of aryl methyl sites for hydroxylation is 1. The summed E-state index contributed by atoms with van der Waals surface area (Å²) in [5, 5.41) is 0. The Hall–Kier alpha value is -1.25. The summed E-state index contributed by atoms with van der Waals surface area (Å²) in [6.07, 6.45) is 16.3. The normalized spacial score (nSPS) is 33.0. The van der Waals surface area contributed by atoms with E-state index in [9.17, 15) is 4.39 Å². The molecule has 2 aliphatic carbocycles. The van der Waals surface area contributed by atoms with Crippen molar-refractivity contribution in [3.63, 3.8) is 0 Å². The van der Waals surface area contributed by atoms with Gasteiger partial charge in [-0.2, -0.15) is 0 Å². The first kappa shape index (κ1) is 20.0. The molecule has 0 N–H and O–H groups in total. The van der Waals surface area contributed by atoms with Crippen molar-refractivity contribution in [3.8, 4) is 11.5 Å². The van der Waals surface area contributed by atoms with Crippen molar-refractivity contribution >= 4 is 0 Å². The molecule has 2 saturated carbocycles. The first-order valence-corrected chi connectivity index (χ1v) is 11.7. The summed E-state index contributed by atoms with van der Waals surface area (Å²) in [6.45, 7) is 2.32. The van der Waals surface area contributed by atoms with E-state index < -0.39 is 0 Å².